The SMILES string of the molecule is C[C@H](NC(=O)CN(Cc1ccccc1F)S(=O)(=O)c1ccc(Cl)cc1)c1cccc(Br)c1. The number of nitrogens with zero attached hydrogens (tertiary/aromatic N) is 1. The molecule has 168 valence electrons. The van der Waals surface area contributed by atoms with Crippen molar-refractivity contribution in [3.63, 3.8) is 0 Å². The van der Waals surface area contributed by atoms with Gasteiger partial charge in [0.2, 0.25) is 15.9 Å². The highest BCUT2D eigenvalue weighted by Gasteiger charge is 2.28. The number of amides is 1. The van der Waals surface area contributed by atoms with E-state index in [1.165, 1.54) is 42.5 Å². The third-order valence-electron chi connectivity index (χ3n) is 4.80. The number of halogens is 3. The van der Waals surface area contributed by atoms with Crippen molar-refractivity contribution in [3.05, 3.63) is 99.2 Å². The van der Waals surface area contributed by atoms with Crippen molar-refractivity contribution in [2.75, 3.05) is 6.54 Å². The van der Waals surface area contributed by atoms with Gasteiger partial charge in [0.1, 0.15) is 5.82 Å². The van der Waals surface area contributed by atoms with E-state index in [0.29, 0.717) is 5.02 Å². The molecule has 0 spiro atoms. The molecule has 0 aliphatic carbocycles. The number of nitrogens with one attached hydrogen (secondary N) is 1. The summed E-state index contributed by atoms with van der Waals surface area (Å²) in [4.78, 5) is 12.7. The standard InChI is InChI=1S/C23H21BrClFN2O3S/c1-16(17-6-4-7-19(24)13-17)27-23(29)15-28(14-18-5-2-3-8-22(18)26)32(30,31)21-11-9-20(25)10-12-21/h2-13,16H,14-15H2,1H3,(H,27,29)/t16-/m0/s1. The van der Waals surface area contributed by atoms with Crippen molar-refractivity contribution in [2.24, 2.45) is 0 Å². The number of hydrogen-bond acceptors (Lipinski definition) is 3. The van der Waals surface area contributed by atoms with Crippen LogP contribution in [0.4, 0.5) is 4.39 Å². The molecule has 9 heteroatoms. The molecule has 32 heavy (non-hydrogen) atoms. The van der Waals surface area contributed by atoms with Crippen molar-refractivity contribution in [2.45, 2.75) is 24.4 Å². The van der Waals surface area contributed by atoms with E-state index in [4.69, 9.17) is 11.6 Å². The number of benzene rings is 3. The van der Waals surface area contributed by atoms with E-state index in [0.717, 1.165) is 14.3 Å². The second kappa shape index (κ2) is 10.6. The molecule has 3 aromatic carbocycles. The van der Waals surface area contributed by atoms with Crippen LogP contribution in [0.5, 0.6) is 0 Å². The molecule has 0 aromatic heterocycles. The monoisotopic (exact) mass is 538 g/mol. The molecule has 0 heterocycles. The van der Waals surface area contributed by atoms with Crippen LogP contribution in [0.1, 0.15) is 24.1 Å². The summed E-state index contributed by atoms with van der Waals surface area (Å²) < 4.78 is 42.6. The van der Waals surface area contributed by atoms with Gasteiger partial charge in [-0.1, -0.05) is 57.9 Å². The number of rotatable bonds is 8. The minimum Gasteiger partial charge on any atom is -0.348 e. The van der Waals surface area contributed by atoms with E-state index in [-0.39, 0.29) is 23.0 Å². The Balaban J connectivity index is 1.85. The molecule has 0 saturated heterocycles. The molecule has 0 fully saturated rings. The summed E-state index contributed by atoms with van der Waals surface area (Å²) in [5.41, 5.74) is 1.02. The Morgan fingerprint density at radius 1 is 1.09 bits per heavy atom. The van der Waals surface area contributed by atoms with Gasteiger partial charge in [-0.15, -0.1) is 0 Å². The predicted octanol–water partition coefficient (Wildman–Crippen LogP) is 5.31. The normalized spacial score (nSPS) is 12.5. The number of carbonyl (C=O) groups excluding carboxylic acids is 1. The highest BCUT2D eigenvalue weighted by molar-refractivity contribution is 9.10. The smallest absolute Gasteiger partial charge is 0.243 e. The Labute approximate surface area is 200 Å². The summed E-state index contributed by atoms with van der Waals surface area (Å²) in [6.07, 6.45) is 0. The fourth-order valence-electron chi connectivity index (χ4n) is 3.10. The first-order valence-electron chi connectivity index (χ1n) is 9.71. The van der Waals surface area contributed by atoms with E-state index < -0.39 is 28.3 Å². The van der Waals surface area contributed by atoms with Gasteiger partial charge in [0.15, 0.2) is 0 Å². The van der Waals surface area contributed by atoms with E-state index >= 15 is 0 Å². The lowest BCUT2D eigenvalue weighted by Gasteiger charge is -2.23. The average Bonchev–Trinajstić information content (AvgIpc) is 2.75. The Hall–Kier alpha value is -2.26. The maximum Gasteiger partial charge on any atom is 0.243 e. The van der Waals surface area contributed by atoms with Gasteiger partial charge in [0.05, 0.1) is 17.5 Å². The second-order valence-corrected chi connectivity index (χ2v) is 10.5. The van der Waals surface area contributed by atoms with Gasteiger partial charge in [0.25, 0.3) is 0 Å². The maximum atomic E-state index is 14.3. The average molecular weight is 540 g/mol. The van der Waals surface area contributed by atoms with Crippen LogP contribution in [0.2, 0.25) is 5.02 Å². The molecule has 0 saturated carbocycles. The first-order chi connectivity index (χ1) is 15.2. The number of hydrogen-bond donors (Lipinski definition) is 1. The van der Waals surface area contributed by atoms with Crippen LogP contribution in [0.25, 0.3) is 0 Å². The fraction of sp³-hybridized carbons (Fsp3) is 0.174. The minimum absolute atomic E-state index is 0.0360. The molecule has 0 aliphatic heterocycles. The zero-order chi connectivity index (χ0) is 23.3. The Morgan fingerprint density at radius 2 is 1.78 bits per heavy atom. The molecule has 0 bridgehead atoms. The Bertz CT molecular complexity index is 1210. The first kappa shape index (κ1) is 24.4. The van der Waals surface area contributed by atoms with Crippen LogP contribution < -0.4 is 5.32 Å². The van der Waals surface area contributed by atoms with Crippen LogP contribution in [0, 0.1) is 5.82 Å². The lowest BCUT2D eigenvalue weighted by molar-refractivity contribution is -0.122. The molecule has 5 nitrogen and oxygen atoms in total. The third kappa shape index (κ3) is 6.16. The van der Waals surface area contributed by atoms with Gasteiger partial charge in [0, 0.05) is 21.6 Å². The van der Waals surface area contributed by atoms with E-state index in [1.807, 2.05) is 24.3 Å². The molecule has 3 rings (SSSR count). The van der Waals surface area contributed by atoms with Gasteiger partial charge in [-0.3, -0.25) is 4.79 Å². The summed E-state index contributed by atoms with van der Waals surface area (Å²) in [5.74, 6) is -1.06. The summed E-state index contributed by atoms with van der Waals surface area (Å²) in [7, 11) is -4.10. The molecule has 0 aliphatic rings. The Kier molecular flexibility index (Phi) is 8.05. The summed E-state index contributed by atoms with van der Waals surface area (Å²) >= 11 is 9.27. The molecule has 1 N–H and O–H groups in total. The van der Waals surface area contributed by atoms with E-state index in [2.05, 4.69) is 21.2 Å². The molecule has 1 atom stereocenters. The van der Waals surface area contributed by atoms with E-state index in [9.17, 15) is 17.6 Å². The van der Waals surface area contributed by atoms with Crippen LogP contribution >= 0.6 is 27.5 Å². The zero-order valence-electron chi connectivity index (χ0n) is 17.1. The molecular formula is C23H21BrClFN2O3S. The van der Waals surface area contributed by atoms with Crippen LogP contribution in [-0.2, 0) is 21.4 Å². The predicted molar refractivity (Wildman–Crippen MR) is 126 cm³/mol. The summed E-state index contributed by atoms with van der Waals surface area (Å²) in [6.45, 7) is 1.03. The lowest BCUT2D eigenvalue weighted by atomic mass is 10.1. The Morgan fingerprint density at radius 3 is 2.44 bits per heavy atom. The van der Waals surface area contributed by atoms with Crippen LogP contribution in [-0.4, -0.2) is 25.2 Å². The number of carbonyl (C=O) groups is 1. The van der Waals surface area contributed by atoms with Crippen molar-refractivity contribution in [3.8, 4) is 0 Å². The summed E-state index contributed by atoms with van der Waals surface area (Å²) in [6, 6.07) is 18.6. The van der Waals surface area contributed by atoms with Crippen molar-refractivity contribution in [1.29, 1.82) is 0 Å². The fourth-order valence-corrected chi connectivity index (χ4v) is 5.02. The highest BCUT2D eigenvalue weighted by atomic mass is 79.9. The van der Waals surface area contributed by atoms with Crippen LogP contribution in [0.15, 0.2) is 82.2 Å². The van der Waals surface area contributed by atoms with Gasteiger partial charge in [-0.2, -0.15) is 4.31 Å². The van der Waals surface area contributed by atoms with Gasteiger partial charge in [-0.25, -0.2) is 12.8 Å². The van der Waals surface area contributed by atoms with Gasteiger partial charge in [-0.05, 0) is 55.0 Å². The molecule has 0 unspecified atom stereocenters. The van der Waals surface area contributed by atoms with Crippen LogP contribution in [0.3, 0.4) is 0 Å². The quantitative estimate of drug-likeness (QED) is 0.422. The third-order valence-corrected chi connectivity index (χ3v) is 7.35. The topological polar surface area (TPSA) is 66.5 Å². The summed E-state index contributed by atoms with van der Waals surface area (Å²) in [5, 5.41) is 3.19. The van der Waals surface area contributed by atoms with Gasteiger partial charge >= 0.3 is 0 Å². The minimum atomic E-state index is -4.10. The first-order valence-corrected chi connectivity index (χ1v) is 12.3. The van der Waals surface area contributed by atoms with Crippen molar-refractivity contribution < 1.29 is 17.6 Å². The van der Waals surface area contributed by atoms with Gasteiger partial charge < -0.3 is 5.32 Å². The second-order valence-electron chi connectivity index (χ2n) is 7.16. The molecular weight excluding hydrogens is 519 g/mol. The maximum absolute atomic E-state index is 14.3. The number of sulfonamides is 1. The largest absolute Gasteiger partial charge is 0.348 e. The zero-order valence-corrected chi connectivity index (χ0v) is 20.3. The molecule has 3 aromatic rings. The molecule has 0 radical (unpaired) electrons. The van der Waals surface area contributed by atoms with E-state index in [1.54, 1.807) is 13.0 Å². The lowest BCUT2D eigenvalue weighted by Crippen LogP contribution is -2.41. The van der Waals surface area contributed by atoms with Crippen molar-refractivity contribution >= 4 is 43.5 Å². The highest BCUT2D eigenvalue weighted by Crippen LogP contribution is 2.22. The van der Waals surface area contributed by atoms with Crippen molar-refractivity contribution in [1.82, 2.24) is 9.62 Å². The molecule has 1 amide bonds.